The molecule has 0 saturated heterocycles. The SMILES string of the molecule is C=CCc1c(OCC(=O)NCc2cccs2)ccc2ncn(CC=C)c(=O)c12. The second-order valence-electron chi connectivity index (χ2n) is 6.06. The van der Waals surface area contributed by atoms with E-state index in [4.69, 9.17) is 4.74 Å². The van der Waals surface area contributed by atoms with Crippen LogP contribution in [0.15, 0.2) is 66.1 Å². The van der Waals surface area contributed by atoms with Gasteiger partial charge in [-0.15, -0.1) is 24.5 Å². The zero-order valence-electron chi connectivity index (χ0n) is 15.4. The molecule has 28 heavy (non-hydrogen) atoms. The molecule has 3 rings (SSSR count). The van der Waals surface area contributed by atoms with Crippen molar-refractivity contribution in [2.45, 2.75) is 19.5 Å². The number of amides is 1. The van der Waals surface area contributed by atoms with E-state index in [0.717, 1.165) is 4.88 Å². The summed E-state index contributed by atoms with van der Waals surface area (Å²) in [6, 6.07) is 7.35. The summed E-state index contributed by atoms with van der Waals surface area (Å²) in [6.45, 7) is 8.13. The number of ether oxygens (including phenoxy) is 1. The molecule has 0 radical (unpaired) electrons. The van der Waals surface area contributed by atoms with Crippen molar-refractivity contribution in [3.63, 3.8) is 0 Å². The molecule has 0 spiro atoms. The van der Waals surface area contributed by atoms with Crippen LogP contribution < -0.4 is 15.6 Å². The fourth-order valence-corrected chi connectivity index (χ4v) is 3.48. The molecule has 0 atom stereocenters. The van der Waals surface area contributed by atoms with Gasteiger partial charge >= 0.3 is 0 Å². The van der Waals surface area contributed by atoms with Gasteiger partial charge < -0.3 is 10.1 Å². The van der Waals surface area contributed by atoms with Gasteiger partial charge in [-0.05, 0) is 30.0 Å². The van der Waals surface area contributed by atoms with Crippen molar-refractivity contribution in [3.8, 4) is 5.75 Å². The van der Waals surface area contributed by atoms with Crippen LogP contribution in [0, 0.1) is 0 Å². The number of aromatic nitrogens is 2. The fraction of sp³-hybridized carbons (Fsp3) is 0.190. The molecule has 2 aromatic heterocycles. The monoisotopic (exact) mass is 395 g/mol. The number of hydrogen-bond donors (Lipinski definition) is 1. The summed E-state index contributed by atoms with van der Waals surface area (Å²) in [6.07, 6.45) is 5.27. The number of fused-ring (bicyclic) bond motifs is 1. The highest BCUT2D eigenvalue weighted by Crippen LogP contribution is 2.26. The summed E-state index contributed by atoms with van der Waals surface area (Å²) in [7, 11) is 0. The van der Waals surface area contributed by atoms with E-state index in [-0.39, 0.29) is 18.1 Å². The maximum absolute atomic E-state index is 12.8. The van der Waals surface area contributed by atoms with Crippen LogP contribution in [-0.4, -0.2) is 22.1 Å². The van der Waals surface area contributed by atoms with Gasteiger partial charge in [-0.1, -0.05) is 18.2 Å². The van der Waals surface area contributed by atoms with Crippen LogP contribution in [0.4, 0.5) is 0 Å². The maximum Gasteiger partial charge on any atom is 0.261 e. The van der Waals surface area contributed by atoms with Crippen LogP contribution >= 0.6 is 11.3 Å². The lowest BCUT2D eigenvalue weighted by Crippen LogP contribution is -2.28. The first-order valence-corrected chi connectivity index (χ1v) is 9.66. The summed E-state index contributed by atoms with van der Waals surface area (Å²) in [5, 5.41) is 5.25. The number of carbonyl (C=O) groups excluding carboxylic acids is 1. The molecule has 0 aliphatic rings. The molecule has 1 N–H and O–H groups in total. The van der Waals surface area contributed by atoms with E-state index >= 15 is 0 Å². The van der Waals surface area contributed by atoms with Gasteiger partial charge in [-0.3, -0.25) is 14.2 Å². The second-order valence-corrected chi connectivity index (χ2v) is 7.10. The van der Waals surface area contributed by atoms with Crippen molar-refractivity contribution < 1.29 is 9.53 Å². The van der Waals surface area contributed by atoms with Crippen LogP contribution in [0.25, 0.3) is 10.9 Å². The number of benzene rings is 1. The third kappa shape index (κ3) is 4.37. The Balaban J connectivity index is 1.83. The first kappa shape index (κ1) is 19.6. The zero-order chi connectivity index (χ0) is 19.9. The van der Waals surface area contributed by atoms with Crippen molar-refractivity contribution in [2.75, 3.05) is 6.61 Å². The number of rotatable bonds is 9. The highest BCUT2D eigenvalue weighted by Gasteiger charge is 2.14. The Kier molecular flexibility index (Phi) is 6.39. The molecule has 0 bridgehead atoms. The average molecular weight is 395 g/mol. The van der Waals surface area contributed by atoms with E-state index in [1.807, 2.05) is 17.5 Å². The Morgan fingerprint density at radius 1 is 1.29 bits per heavy atom. The van der Waals surface area contributed by atoms with E-state index in [1.165, 1.54) is 10.9 Å². The van der Waals surface area contributed by atoms with Crippen LogP contribution in [0.2, 0.25) is 0 Å². The lowest BCUT2D eigenvalue weighted by atomic mass is 10.0. The fourth-order valence-electron chi connectivity index (χ4n) is 2.84. The van der Waals surface area contributed by atoms with E-state index in [9.17, 15) is 9.59 Å². The summed E-state index contributed by atoms with van der Waals surface area (Å²) < 4.78 is 7.22. The number of nitrogens with zero attached hydrogens (tertiary/aromatic N) is 2. The Hall–Kier alpha value is -3.19. The summed E-state index contributed by atoms with van der Waals surface area (Å²) in [5.74, 6) is 0.252. The van der Waals surface area contributed by atoms with Crippen LogP contribution in [-0.2, 0) is 24.3 Å². The summed E-state index contributed by atoms with van der Waals surface area (Å²) in [5.41, 5.74) is 1.08. The van der Waals surface area contributed by atoms with Gasteiger partial charge in [-0.25, -0.2) is 4.98 Å². The largest absolute Gasteiger partial charge is 0.483 e. The first-order valence-electron chi connectivity index (χ1n) is 8.78. The van der Waals surface area contributed by atoms with Gasteiger partial charge in [0.1, 0.15) is 5.75 Å². The number of carbonyl (C=O) groups is 1. The maximum atomic E-state index is 12.8. The highest BCUT2D eigenvalue weighted by atomic mass is 32.1. The summed E-state index contributed by atoms with van der Waals surface area (Å²) in [4.78, 5) is 30.4. The van der Waals surface area contributed by atoms with Crippen molar-refractivity contribution in [3.05, 3.63) is 82.1 Å². The molecule has 1 amide bonds. The minimum atomic E-state index is -0.228. The van der Waals surface area contributed by atoms with Gasteiger partial charge in [0, 0.05) is 17.0 Å². The van der Waals surface area contributed by atoms with Crippen molar-refractivity contribution in [1.29, 1.82) is 0 Å². The molecule has 0 saturated carbocycles. The Morgan fingerprint density at radius 2 is 2.14 bits per heavy atom. The molecular formula is C21H21N3O3S. The van der Waals surface area contributed by atoms with Gasteiger partial charge in [0.15, 0.2) is 6.61 Å². The van der Waals surface area contributed by atoms with E-state index in [0.29, 0.717) is 41.7 Å². The molecule has 0 aliphatic carbocycles. The normalized spacial score (nSPS) is 10.6. The minimum absolute atomic E-state index is 0.137. The van der Waals surface area contributed by atoms with Gasteiger partial charge in [0.05, 0.1) is 23.8 Å². The van der Waals surface area contributed by atoms with Crippen molar-refractivity contribution in [1.82, 2.24) is 14.9 Å². The molecule has 3 aromatic rings. The lowest BCUT2D eigenvalue weighted by Gasteiger charge is -2.13. The van der Waals surface area contributed by atoms with Gasteiger partial charge in [0.2, 0.25) is 0 Å². The first-order chi connectivity index (χ1) is 13.6. The van der Waals surface area contributed by atoms with Crippen LogP contribution in [0.1, 0.15) is 10.4 Å². The number of allylic oxidation sites excluding steroid dienone is 2. The number of nitrogens with one attached hydrogen (secondary N) is 1. The third-order valence-electron chi connectivity index (χ3n) is 4.13. The number of hydrogen-bond acceptors (Lipinski definition) is 5. The molecule has 1 aromatic carbocycles. The Labute approximate surface area is 166 Å². The van der Waals surface area contributed by atoms with Crippen molar-refractivity contribution in [2.24, 2.45) is 0 Å². The smallest absolute Gasteiger partial charge is 0.261 e. The molecule has 0 fully saturated rings. The molecular weight excluding hydrogens is 374 g/mol. The predicted molar refractivity (Wildman–Crippen MR) is 112 cm³/mol. The molecule has 0 unspecified atom stereocenters. The lowest BCUT2D eigenvalue weighted by molar-refractivity contribution is -0.123. The Morgan fingerprint density at radius 3 is 2.86 bits per heavy atom. The van der Waals surface area contributed by atoms with Crippen LogP contribution in [0.3, 0.4) is 0 Å². The minimum Gasteiger partial charge on any atom is -0.483 e. The van der Waals surface area contributed by atoms with Gasteiger partial charge in [0.25, 0.3) is 11.5 Å². The second kappa shape index (κ2) is 9.14. The molecule has 2 heterocycles. The summed E-state index contributed by atoms with van der Waals surface area (Å²) >= 11 is 1.58. The molecule has 0 aliphatic heterocycles. The van der Waals surface area contributed by atoms with E-state index in [1.54, 1.807) is 35.6 Å². The van der Waals surface area contributed by atoms with Crippen molar-refractivity contribution >= 4 is 28.1 Å². The topological polar surface area (TPSA) is 73.2 Å². The predicted octanol–water partition coefficient (Wildman–Crippen LogP) is 3.07. The molecule has 7 heteroatoms. The van der Waals surface area contributed by atoms with E-state index < -0.39 is 0 Å². The standard InChI is InChI=1S/C21H21N3O3S/c1-3-6-16-18(27-13-19(25)22-12-15-7-5-11-28-15)9-8-17-20(16)21(26)24(10-4-2)14-23-17/h3-5,7-9,11,14H,1-2,6,10,12-13H2,(H,22,25). The third-order valence-corrected chi connectivity index (χ3v) is 5.01. The highest BCUT2D eigenvalue weighted by molar-refractivity contribution is 7.09. The van der Waals surface area contributed by atoms with Crippen LogP contribution in [0.5, 0.6) is 5.75 Å². The quantitative estimate of drug-likeness (QED) is 0.565. The molecule has 6 nitrogen and oxygen atoms in total. The zero-order valence-corrected chi connectivity index (χ0v) is 16.2. The average Bonchev–Trinajstić information content (AvgIpc) is 3.21. The van der Waals surface area contributed by atoms with Gasteiger partial charge in [-0.2, -0.15) is 0 Å². The number of thiophene rings is 1. The molecule has 144 valence electrons. The Bertz CT molecular complexity index is 1050. The van der Waals surface area contributed by atoms with E-state index in [2.05, 4.69) is 23.5 Å².